The minimum atomic E-state index is -1.84. The molecule has 0 aliphatic heterocycles. The second kappa shape index (κ2) is 5.59. The van der Waals surface area contributed by atoms with E-state index in [1.807, 2.05) is 6.92 Å². The molecule has 0 spiro atoms. The third kappa shape index (κ3) is 2.02. The normalized spacial score (nSPS) is 49.9. The molecule has 0 radical (unpaired) electrons. The van der Waals surface area contributed by atoms with E-state index in [9.17, 15) is 19.8 Å². The lowest BCUT2D eigenvalue weighted by atomic mass is 9.45. The topological polar surface area (TPSA) is 74.6 Å². The van der Waals surface area contributed by atoms with Crippen molar-refractivity contribution in [1.29, 1.82) is 0 Å². The molecule has 3 saturated carbocycles. The molecule has 0 bridgehead atoms. The Kier molecular flexibility index (Phi) is 3.88. The fraction of sp³-hybridized carbons (Fsp3) is 0.714. The van der Waals surface area contributed by atoms with Gasteiger partial charge in [-0.05, 0) is 62.5 Å². The van der Waals surface area contributed by atoms with E-state index < -0.39 is 29.2 Å². The summed E-state index contributed by atoms with van der Waals surface area (Å²) in [7, 11) is 0. The molecule has 6 unspecified atom stereocenters. The van der Waals surface area contributed by atoms with Crippen molar-refractivity contribution in [2.45, 2.75) is 57.7 Å². The summed E-state index contributed by atoms with van der Waals surface area (Å²) in [5, 5.41) is 20.4. The van der Waals surface area contributed by atoms with Gasteiger partial charge >= 0.3 is 0 Å². The maximum Gasteiger partial charge on any atom is 0.178 e. The minimum Gasteiger partial charge on any atom is -0.390 e. The number of hydrogen-bond donors (Lipinski definition) is 2. The van der Waals surface area contributed by atoms with Gasteiger partial charge in [0.05, 0.1) is 6.10 Å². The highest BCUT2D eigenvalue weighted by Gasteiger charge is 2.70. The van der Waals surface area contributed by atoms with Crippen molar-refractivity contribution in [3.8, 4) is 0 Å². The molecule has 0 aromatic heterocycles. The molecular formula is C21H27FO4. The Morgan fingerprint density at radius 2 is 2.00 bits per heavy atom. The monoisotopic (exact) mass is 362 g/mol. The Bertz CT molecular complexity index is 728. The second-order valence-corrected chi connectivity index (χ2v) is 9.11. The molecular weight excluding hydrogens is 335 g/mol. The number of carbonyl (C=O) groups is 2. The van der Waals surface area contributed by atoms with Crippen LogP contribution in [0.1, 0.15) is 46.0 Å². The first-order valence-corrected chi connectivity index (χ1v) is 9.63. The molecule has 4 aliphatic carbocycles. The zero-order chi connectivity index (χ0) is 18.9. The maximum atomic E-state index is 16.7. The van der Waals surface area contributed by atoms with Crippen LogP contribution in [0.2, 0.25) is 0 Å². The largest absolute Gasteiger partial charge is 0.390 e. The van der Waals surface area contributed by atoms with Crippen molar-refractivity contribution in [3.63, 3.8) is 0 Å². The van der Waals surface area contributed by atoms with Crippen LogP contribution >= 0.6 is 0 Å². The third-order valence-corrected chi connectivity index (χ3v) is 8.18. The molecule has 142 valence electrons. The molecule has 2 N–H and O–H groups in total. The van der Waals surface area contributed by atoms with Crippen LogP contribution in [0.5, 0.6) is 0 Å². The Morgan fingerprint density at radius 3 is 2.69 bits per heavy atom. The second-order valence-electron chi connectivity index (χ2n) is 9.11. The van der Waals surface area contributed by atoms with E-state index in [0.717, 1.165) is 12.0 Å². The molecule has 4 rings (SSSR count). The number of fused-ring (bicyclic) bond motifs is 5. The van der Waals surface area contributed by atoms with Gasteiger partial charge in [-0.2, -0.15) is 0 Å². The van der Waals surface area contributed by atoms with Crippen molar-refractivity contribution in [2.24, 2.45) is 28.6 Å². The Balaban J connectivity index is 1.78. The van der Waals surface area contributed by atoms with Gasteiger partial charge in [-0.15, -0.1) is 0 Å². The van der Waals surface area contributed by atoms with Gasteiger partial charge < -0.3 is 10.2 Å². The molecule has 0 aromatic carbocycles. The van der Waals surface area contributed by atoms with Crippen molar-refractivity contribution in [3.05, 3.63) is 23.8 Å². The molecule has 3 fully saturated rings. The van der Waals surface area contributed by atoms with E-state index >= 15 is 4.39 Å². The average molecular weight is 362 g/mol. The summed E-state index contributed by atoms with van der Waals surface area (Å²) in [4.78, 5) is 24.0. The molecule has 4 nitrogen and oxygen atoms in total. The molecule has 0 saturated heterocycles. The van der Waals surface area contributed by atoms with Gasteiger partial charge in [0.1, 0.15) is 6.61 Å². The maximum absolute atomic E-state index is 16.7. The van der Waals surface area contributed by atoms with Gasteiger partial charge in [0.15, 0.2) is 17.2 Å². The summed E-state index contributed by atoms with van der Waals surface area (Å²) in [5.41, 5.74) is -2.53. The predicted octanol–water partition coefficient (Wildman–Crippen LogP) is 2.53. The molecule has 0 amide bonds. The van der Waals surface area contributed by atoms with Crippen molar-refractivity contribution in [1.82, 2.24) is 0 Å². The van der Waals surface area contributed by atoms with Gasteiger partial charge in [0, 0.05) is 17.3 Å². The lowest BCUT2D eigenvalue weighted by Crippen LogP contribution is -2.66. The number of Topliss-reactive ketones (excluding diaryl/α,β-unsaturated/α-hetero) is 1. The SMILES string of the molecule is CC12CC(O)[C@@]3(F)C(CCC4=CC(=O)C=CC43C)C1CCC2C(=O)CO. The average Bonchev–Trinajstić information content (AvgIpc) is 2.93. The number of allylic oxidation sites excluding steroid dienone is 4. The number of halogens is 1. The zero-order valence-electron chi connectivity index (χ0n) is 15.4. The first kappa shape index (κ1) is 18.1. The zero-order valence-corrected chi connectivity index (χ0v) is 15.4. The van der Waals surface area contributed by atoms with Gasteiger partial charge in [-0.3, -0.25) is 9.59 Å². The number of aliphatic hydroxyl groups excluding tert-OH is 2. The number of aliphatic hydroxyl groups is 2. The van der Waals surface area contributed by atoms with E-state index in [-0.39, 0.29) is 35.7 Å². The van der Waals surface area contributed by atoms with Crippen LogP contribution in [0.25, 0.3) is 0 Å². The summed E-state index contributed by atoms with van der Waals surface area (Å²) in [5.74, 6) is -0.984. The standard InChI is InChI=1S/C21H27FO4/c1-19-10-18(26)21(22)15(14(19)5-6-16(19)17(25)11-23)4-3-12-9-13(24)7-8-20(12,21)2/h7-9,14-16,18,23,26H,3-6,10-11H2,1-2H3/t14?,15?,16?,18?,19?,20?,21-/m0/s1. The van der Waals surface area contributed by atoms with Crippen molar-refractivity contribution >= 4 is 11.6 Å². The van der Waals surface area contributed by atoms with Gasteiger partial charge in [-0.25, -0.2) is 4.39 Å². The Morgan fingerprint density at radius 1 is 1.27 bits per heavy atom. The summed E-state index contributed by atoms with van der Waals surface area (Å²) in [6.45, 7) is 3.29. The highest BCUT2D eigenvalue weighted by atomic mass is 19.1. The first-order valence-electron chi connectivity index (χ1n) is 9.63. The first-order chi connectivity index (χ1) is 12.2. The van der Waals surface area contributed by atoms with E-state index in [1.165, 1.54) is 12.2 Å². The molecule has 26 heavy (non-hydrogen) atoms. The van der Waals surface area contributed by atoms with Crippen LogP contribution in [0.3, 0.4) is 0 Å². The van der Waals surface area contributed by atoms with Gasteiger partial charge in [0.25, 0.3) is 0 Å². The van der Waals surface area contributed by atoms with Crippen LogP contribution in [-0.2, 0) is 9.59 Å². The molecule has 0 aromatic rings. The van der Waals surface area contributed by atoms with Crippen molar-refractivity contribution in [2.75, 3.05) is 6.61 Å². The summed E-state index contributed by atoms with van der Waals surface area (Å²) in [6.07, 6.45) is 6.22. The molecule has 4 aliphatic rings. The van der Waals surface area contributed by atoms with Crippen LogP contribution in [0.15, 0.2) is 23.8 Å². The van der Waals surface area contributed by atoms with Crippen LogP contribution < -0.4 is 0 Å². The lowest BCUT2D eigenvalue weighted by Gasteiger charge is -2.62. The smallest absolute Gasteiger partial charge is 0.178 e. The number of hydrogen-bond acceptors (Lipinski definition) is 4. The van der Waals surface area contributed by atoms with Crippen LogP contribution in [0, 0.1) is 28.6 Å². The van der Waals surface area contributed by atoms with E-state index in [2.05, 4.69) is 0 Å². The van der Waals surface area contributed by atoms with Gasteiger partial charge in [0.2, 0.25) is 0 Å². The molecule has 7 atom stereocenters. The number of rotatable bonds is 2. The van der Waals surface area contributed by atoms with Crippen LogP contribution in [-0.4, -0.2) is 40.2 Å². The highest BCUT2D eigenvalue weighted by molar-refractivity contribution is 6.01. The fourth-order valence-corrected chi connectivity index (χ4v) is 6.85. The summed E-state index contributed by atoms with van der Waals surface area (Å²) >= 11 is 0. The van der Waals surface area contributed by atoms with E-state index in [4.69, 9.17) is 0 Å². The van der Waals surface area contributed by atoms with E-state index in [0.29, 0.717) is 19.3 Å². The summed E-state index contributed by atoms with van der Waals surface area (Å²) < 4.78 is 16.7. The number of ketones is 2. The van der Waals surface area contributed by atoms with E-state index in [1.54, 1.807) is 13.0 Å². The van der Waals surface area contributed by atoms with Crippen LogP contribution in [0.4, 0.5) is 4.39 Å². The quantitative estimate of drug-likeness (QED) is 0.792. The number of carbonyl (C=O) groups excluding carboxylic acids is 2. The molecule has 5 heteroatoms. The third-order valence-electron chi connectivity index (χ3n) is 8.18. The number of alkyl halides is 1. The molecule has 0 heterocycles. The predicted molar refractivity (Wildman–Crippen MR) is 93.9 cm³/mol. The van der Waals surface area contributed by atoms with Crippen molar-refractivity contribution < 1.29 is 24.2 Å². The minimum absolute atomic E-state index is 0.000744. The fourth-order valence-electron chi connectivity index (χ4n) is 6.85. The lowest BCUT2D eigenvalue weighted by molar-refractivity contribution is -0.195. The highest BCUT2D eigenvalue weighted by Crippen LogP contribution is 2.68. The Hall–Kier alpha value is -1.33. The van der Waals surface area contributed by atoms with Gasteiger partial charge in [-0.1, -0.05) is 18.6 Å². The summed E-state index contributed by atoms with van der Waals surface area (Å²) in [6, 6.07) is 0. The Labute approximate surface area is 153 Å².